The van der Waals surface area contributed by atoms with Crippen molar-refractivity contribution in [3.8, 4) is 28.3 Å². The molecule has 1 amide bonds. The topological polar surface area (TPSA) is 141 Å². The lowest BCUT2D eigenvalue weighted by molar-refractivity contribution is 0.0722. The maximum atomic E-state index is 13.1. The third-order valence-electron chi connectivity index (χ3n) is 15.2. The van der Waals surface area contributed by atoms with Gasteiger partial charge in [-0.1, -0.05) is 190 Å². The lowest BCUT2D eigenvalue weighted by Crippen LogP contribution is -2.46. The summed E-state index contributed by atoms with van der Waals surface area (Å²) in [5.74, 6) is 1.27. The zero-order valence-corrected chi connectivity index (χ0v) is 48.6. The number of hydrogen-bond acceptors (Lipinski definition) is 11. The Morgan fingerprint density at radius 1 is 0.583 bits per heavy atom. The molecule has 0 saturated carbocycles. The van der Waals surface area contributed by atoms with E-state index in [2.05, 4.69) is 69.7 Å². The number of hydrogen-bond donors (Lipinski definition) is 0. The highest BCUT2D eigenvalue weighted by atomic mass is 16.6. The van der Waals surface area contributed by atoms with Crippen LogP contribution in [0, 0.1) is 5.92 Å². The second-order valence-electron chi connectivity index (χ2n) is 21.1. The Morgan fingerprint density at radius 3 is 1.51 bits per heavy atom. The highest BCUT2D eigenvalue weighted by Gasteiger charge is 2.27. The minimum atomic E-state index is -0.549. The third kappa shape index (κ3) is 18.7. The fraction of sp³-hybridized carbons (Fsp3) is 0.286. The number of allylic oxidation sites excluding steroid dienone is 1. The van der Waals surface area contributed by atoms with E-state index < -0.39 is 6.09 Å². The predicted octanol–water partition coefficient (Wildman–Crippen LogP) is 13.8. The molecular weight excluding hydrogens is 1050 g/mol. The largest absolute Gasteiger partial charge is 0.424 e. The fourth-order valence-electron chi connectivity index (χ4n) is 10.0. The van der Waals surface area contributed by atoms with E-state index >= 15 is 0 Å². The predicted molar refractivity (Wildman–Crippen MR) is 331 cm³/mol. The zero-order valence-electron chi connectivity index (χ0n) is 48.6. The van der Waals surface area contributed by atoms with Crippen molar-refractivity contribution in [3.63, 3.8) is 0 Å². The maximum absolute atomic E-state index is 13.1. The Bertz CT molecular complexity index is 3330. The Balaban J connectivity index is 0.000000178. The van der Waals surface area contributed by atoms with Gasteiger partial charge in [0.25, 0.3) is 0 Å². The number of carbonyl (C=O) groups is 4. The molecule has 4 heterocycles. The van der Waals surface area contributed by atoms with Gasteiger partial charge in [-0.05, 0) is 86.0 Å². The standard InChI is InChI=1S/C31H36N4O3.C25H20N2O4.C14H21N/c1-4-24(5-2)19-34-17-15-28(16-18-34)33(3)31(37)35-20-29(32-23-35)26-11-13-27(14-12-26)30(36)22-38-21-25-9-7-6-8-10-25;28-24(17-30-16-19-7-3-1-4-8-19)21-13-11-20(12-14-21)23-15-27(18-26-23)25(29)31-22-9-5-2-6-10-22;1-2-13-8-10-15(11-9-13)12-14-6-4-3-5-7-14/h4-14,20,23,28H,1,15-19,21-22H2,2-3H3;1-15,18H,16-17H2;3-7,13H,2,8-12H2,1H3/b24-5+;;. The van der Waals surface area contributed by atoms with Crippen LogP contribution in [0.5, 0.6) is 5.75 Å². The van der Waals surface area contributed by atoms with E-state index in [1.165, 1.54) is 59.0 Å². The summed E-state index contributed by atoms with van der Waals surface area (Å²) in [7, 11) is 1.86. The van der Waals surface area contributed by atoms with Gasteiger partial charge in [0, 0.05) is 73.9 Å². The normalized spacial score (nSPS) is 14.1. The van der Waals surface area contributed by atoms with Crippen molar-refractivity contribution in [3.05, 3.63) is 247 Å². The number of likely N-dealkylation sites (tertiary alicyclic amines) is 2. The zero-order chi connectivity index (χ0) is 58.9. The molecule has 2 aliphatic rings. The molecule has 6 aromatic carbocycles. The molecule has 8 aromatic rings. The molecule has 2 aromatic heterocycles. The molecule has 10 rings (SSSR count). The van der Waals surface area contributed by atoms with E-state index in [0.29, 0.717) is 41.5 Å². The summed E-state index contributed by atoms with van der Waals surface area (Å²) in [6.45, 7) is 15.6. The van der Waals surface area contributed by atoms with Gasteiger partial charge in [-0.3, -0.25) is 24.0 Å². The molecular formula is C70H77N7O7. The molecule has 14 heteroatoms. The summed E-state index contributed by atoms with van der Waals surface area (Å²) in [5, 5.41) is 0. The number of piperidine rings is 2. The van der Waals surface area contributed by atoms with Gasteiger partial charge in [0.2, 0.25) is 0 Å². The second kappa shape index (κ2) is 32.3. The average molecular weight is 1130 g/mol. The molecule has 2 saturated heterocycles. The molecule has 2 fully saturated rings. The van der Waals surface area contributed by atoms with Crippen LogP contribution in [0.2, 0.25) is 0 Å². The summed E-state index contributed by atoms with van der Waals surface area (Å²) < 4.78 is 19.2. The first-order valence-electron chi connectivity index (χ1n) is 28.9. The van der Waals surface area contributed by atoms with E-state index in [0.717, 1.165) is 67.2 Å². The minimum Gasteiger partial charge on any atom is -0.410 e. The number of amides is 1. The van der Waals surface area contributed by atoms with Gasteiger partial charge in [0.15, 0.2) is 11.6 Å². The van der Waals surface area contributed by atoms with E-state index in [9.17, 15) is 19.2 Å². The van der Waals surface area contributed by atoms with E-state index in [4.69, 9.17) is 14.2 Å². The Hall–Kier alpha value is -8.66. The summed E-state index contributed by atoms with van der Waals surface area (Å²) >= 11 is 0. The number of ketones is 2. The number of rotatable bonds is 20. The quantitative estimate of drug-likeness (QED) is 0.0532. The number of para-hydroxylation sites is 1. The van der Waals surface area contributed by atoms with Crippen LogP contribution in [-0.2, 0) is 29.2 Å². The van der Waals surface area contributed by atoms with Crippen LogP contribution in [0.3, 0.4) is 0 Å². The van der Waals surface area contributed by atoms with Crippen molar-refractivity contribution in [1.29, 1.82) is 0 Å². The maximum Gasteiger partial charge on any atom is 0.424 e. The van der Waals surface area contributed by atoms with Gasteiger partial charge in [-0.25, -0.2) is 24.1 Å². The third-order valence-corrected chi connectivity index (χ3v) is 15.2. The molecule has 434 valence electrons. The molecule has 0 bridgehead atoms. The molecule has 0 unspecified atom stereocenters. The van der Waals surface area contributed by atoms with Gasteiger partial charge < -0.3 is 19.1 Å². The van der Waals surface area contributed by atoms with Crippen LogP contribution < -0.4 is 4.74 Å². The van der Waals surface area contributed by atoms with Crippen molar-refractivity contribution in [1.82, 2.24) is 33.8 Å². The minimum absolute atomic E-state index is 0.00813. The molecule has 0 radical (unpaired) electrons. The van der Waals surface area contributed by atoms with Gasteiger partial charge in [-0.2, -0.15) is 0 Å². The SMILES string of the molecule is C=C/C(=C\C)CN1CCC(N(C)C(=O)n2cnc(-c3ccc(C(=O)COCc4ccccc4)cc3)c2)CC1.CCC1CCN(Cc2ccccc2)CC1.O=C(COCc1ccccc1)c1ccc(-c2cn(C(=O)Oc3ccccc3)cn2)cc1. The number of carbonyl (C=O) groups excluding carboxylic acids is 4. The van der Waals surface area contributed by atoms with Crippen molar-refractivity contribution in [2.24, 2.45) is 5.92 Å². The van der Waals surface area contributed by atoms with Crippen LogP contribution in [0.15, 0.2) is 219 Å². The van der Waals surface area contributed by atoms with Gasteiger partial charge >= 0.3 is 12.1 Å². The van der Waals surface area contributed by atoms with Gasteiger partial charge in [0.05, 0.1) is 24.6 Å². The van der Waals surface area contributed by atoms with Crippen molar-refractivity contribution in [2.75, 3.05) is 53.0 Å². The highest BCUT2D eigenvalue weighted by molar-refractivity contribution is 5.98. The van der Waals surface area contributed by atoms with Crippen molar-refractivity contribution >= 4 is 23.7 Å². The summed E-state index contributed by atoms with van der Waals surface area (Å²) in [5.41, 5.74) is 8.78. The molecule has 0 aliphatic carbocycles. The number of aromatic nitrogens is 4. The molecule has 0 spiro atoms. The second-order valence-corrected chi connectivity index (χ2v) is 21.1. The number of benzene rings is 6. The summed E-state index contributed by atoms with van der Waals surface area (Å²) in [4.78, 5) is 65.7. The Morgan fingerprint density at radius 2 is 1.04 bits per heavy atom. The van der Waals surface area contributed by atoms with Crippen LogP contribution in [-0.4, -0.2) is 117 Å². The van der Waals surface area contributed by atoms with Crippen LogP contribution in [0.4, 0.5) is 9.59 Å². The highest BCUT2D eigenvalue weighted by Crippen LogP contribution is 2.24. The first-order valence-corrected chi connectivity index (χ1v) is 28.9. The first kappa shape index (κ1) is 61.4. The van der Waals surface area contributed by atoms with E-state index in [1.807, 2.05) is 104 Å². The van der Waals surface area contributed by atoms with Crippen LogP contribution >= 0.6 is 0 Å². The summed E-state index contributed by atoms with van der Waals surface area (Å²) in [6.07, 6.45) is 15.8. The monoisotopic (exact) mass is 1130 g/mol. The van der Waals surface area contributed by atoms with Crippen LogP contribution in [0.1, 0.15) is 83.4 Å². The molecule has 0 N–H and O–H groups in total. The Labute approximate surface area is 494 Å². The number of imidazole rings is 2. The molecule has 14 nitrogen and oxygen atoms in total. The number of nitrogens with zero attached hydrogens (tertiary/aromatic N) is 7. The lowest BCUT2D eigenvalue weighted by atomic mass is 9.94. The first-order chi connectivity index (χ1) is 41.0. The smallest absolute Gasteiger partial charge is 0.410 e. The molecule has 0 atom stereocenters. The van der Waals surface area contributed by atoms with Crippen molar-refractivity contribution in [2.45, 2.75) is 71.8 Å². The van der Waals surface area contributed by atoms with Crippen molar-refractivity contribution < 1.29 is 33.4 Å². The fourth-order valence-corrected chi connectivity index (χ4v) is 10.0. The van der Waals surface area contributed by atoms with Crippen LogP contribution in [0.25, 0.3) is 22.5 Å². The molecule has 2 aliphatic heterocycles. The van der Waals surface area contributed by atoms with Gasteiger partial charge in [0.1, 0.15) is 31.6 Å². The molecule has 84 heavy (non-hydrogen) atoms. The van der Waals surface area contributed by atoms with Gasteiger partial charge in [-0.15, -0.1) is 0 Å². The lowest BCUT2D eigenvalue weighted by Gasteiger charge is -2.36. The average Bonchev–Trinajstić information content (AvgIpc) is 4.40. The van der Waals surface area contributed by atoms with E-state index in [-0.39, 0.29) is 36.9 Å². The summed E-state index contributed by atoms with van der Waals surface area (Å²) in [6, 6.07) is 53.5. The number of ether oxygens (including phenoxy) is 3. The number of Topliss-reactive ketones (excluding diaryl/α,β-unsaturated/α-hetero) is 2. The van der Waals surface area contributed by atoms with E-state index in [1.54, 1.807) is 79.4 Å². The Kier molecular flexibility index (Phi) is 23.6.